The van der Waals surface area contributed by atoms with Gasteiger partial charge in [-0.15, -0.1) is 0 Å². The van der Waals surface area contributed by atoms with Crippen molar-refractivity contribution >= 4 is 15.8 Å². The molecule has 0 aromatic heterocycles. The van der Waals surface area contributed by atoms with Crippen molar-refractivity contribution in [3.05, 3.63) is 35.4 Å². The minimum atomic E-state index is -3.51. The Morgan fingerprint density at radius 3 is 2.41 bits per heavy atom. The van der Waals surface area contributed by atoms with Gasteiger partial charge in [-0.25, -0.2) is 8.42 Å². The van der Waals surface area contributed by atoms with Crippen LogP contribution in [0.1, 0.15) is 11.1 Å². The van der Waals surface area contributed by atoms with E-state index in [-0.39, 0.29) is 12.3 Å². The zero-order chi connectivity index (χ0) is 12.9. The first-order valence-corrected chi connectivity index (χ1v) is 6.84. The summed E-state index contributed by atoms with van der Waals surface area (Å²) in [5.74, 6) is -1.56. The highest BCUT2D eigenvalue weighted by Crippen LogP contribution is 2.12. The van der Waals surface area contributed by atoms with Gasteiger partial charge in [-0.1, -0.05) is 24.3 Å². The summed E-state index contributed by atoms with van der Waals surface area (Å²) < 4.78 is 27.7. The minimum Gasteiger partial charge on any atom is -0.468 e. The van der Waals surface area contributed by atoms with Gasteiger partial charge in [-0.3, -0.25) is 4.79 Å². The summed E-state index contributed by atoms with van der Waals surface area (Å²) in [5.41, 5.74) is 6.90. The molecule has 0 amide bonds. The van der Waals surface area contributed by atoms with Gasteiger partial charge in [-0.2, -0.15) is 0 Å². The molecule has 0 aliphatic rings. The van der Waals surface area contributed by atoms with Gasteiger partial charge in [-0.05, 0) is 11.1 Å². The van der Waals surface area contributed by atoms with Crippen molar-refractivity contribution in [2.24, 2.45) is 5.73 Å². The lowest BCUT2D eigenvalue weighted by Crippen LogP contribution is -2.19. The SMILES string of the molecule is COC(=O)CS(=O)(=O)Cc1ccccc1CN. The molecule has 1 aromatic carbocycles. The number of ether oxygens (including phenoxy) is 1. The van der Waals surface area contributed by atoms with Crippen molar-refractivity contribution in [1.29, 1.82) is 0 Å². The molecule has 0 saturated carbocycles. The van der Waals surface area contributed by atoms with Crippen molar-refractivity contribution in [2.45, 2.75) is 12.3 Å². The molecule has 1 aromatic rings. The predicted octanol–water partition coefficient (Wildman–Crippen LogP) is 0.233. The van der Waals surface area contributed by atoms with Gasteiger partial charge in [0.25, 0.3) is 0 Å². The number of hydrogen-bond acceptors (Lipinski definition) is 5. The Hall–Kier alpha value is -1.40. The molecule has 0 aliphatic heterocycles. The van der Waals surface area contributed by atoms with Crippen LogP contribution in [0.25, 0.3) is 0 Å². The van der Waals surface area contributed by atoms with E-state index in [1.807, 2.05) is 0 Å². The number of rotatable bonds is 5. The first-order chi connectivity index (χ1) is 7.98. The third-order valence-electron chi connectivity index (χ3n) is 2.28. The molecule has 0 bridgehead atoms. The van der Waals surface area contributed by atoms with E-state index in [9.17, 15) is 13.2 Å². The first-order valence-electron chi connectivity index (χ1n) is 5.02. The normalized spacial score (nSPS) is 11.2. The van der Waals surface area contributed by atoms with Crippen molar-refractivity contribution in [2.75, 3.05) is 12.9 Å². The van der Waals surface area contributed by atoms with Crippen LogP contribution in [0, 0.1) is 0 Å². The number of esters is 1. The van der Waals surface area contributed by atoms with Crippen LogP contribution in [0.3, 0.4) is 0 Å². The summed E-state index contributed by atoms with van der Waals surface area (Å²) in [4.78, 5) is 10.9. The lowest BCUT2D eigenvalue weighted by molar-refractivity contribution is -0.137. The number of sulfone groups is 1. The van der Waals surface area contributed by atoms with Gasteiger partial charge < -0.3 is 10.5 Å². The second-order valence-corrected chi connectivity index (χ2v) is 5.65. The Morgan fingerprint density at radius 1 is 1.29 bits per heavy atom. The molecule has 2 N–H and O–H groups in total. The van der Waals surface area contributed by atoms with Gasteiger partial charge >= 0.3 is 5.97 Å². The highest BCUT2D eigenvalue weighted by Gasteiger charge is 2.18. The maximum atomic E-state index is 11.7. The van der Waals surface area contributed by atoms with Crippen LogP contribution in [0.2, 0.25) is 0 Å². The van der Waals surface area contributed by atoms with E-state index in [0.717, 1.165) is 12.7 Å². The van der Waals surface area contributed by atoms with Crippen LogP contribution < -0.4 is 5.73 Å². The number of carbonyl (C=O) groups is 1. The molecule has 1 rings (SSSR count). The van der Waals surface area contributed by atoms with Crippen LogP contribution in [0.4, 0.5) is 0 Å². The maximum Gasteiger partial charge on any atom is 0.320 e. The number of methoxy groups -OCH3 is 1. The molecule has 0 heterocycles. The Balaban J connectivity index is 2.86. The summed E-state index contributed by atoms with van der Waals surface area (Å²) in [7, 11) is -2.35. The molecule has 5 nitrogen and oxygen atoms in total. The fourth-order valence-electron chi connectivity index (χ4n) is 1.42. The molecule has 6 heteroatoms. The quantitative estimate of drug-likeness (QED) is 0.763. The number of benzene rings is 1. The van der Waals surface area contributed by atoms with Crippen molar-refractivity contribution in [3.8, 4) is 0 Å². The molecule has 0 atom stereocenters. The molecule has 0 aliphatic carbocycles. The second-order valence-electron chi connectivity index (χ2n) is 3.58. The van der Waals surface area contributed by atoms with Gasteiger partial charge in [0.2, 0.25) is 0 Å². The summed E-state index contributed by atoms with van der Waals surface area (Å²) in [6.45, 7) is 0.268. The smallest absolute Gasteiger partial charge is 0.320 e. The summed E-state index contributed by atoms with van der Waals surface area (Å²) >= 11 is 0. The van der Waals surface area contributed by atoms with Crippen LogP contribution >= 0.6 is 0 Å². The van der Waals surface area contributed by atoms with Gasteiger partial charge in [0.1, 0.15) is 5.75 Å². The van der Waals surface area contributed by atoms with Crippen LogP contribution in [0.15, 0.2) is 24.3 Å². The molecule has 0 radical (unpaired) electrons. The zero-order valence-electron chi connectivity index (χ0n) is 9.55. The van der Waals surface area contributed by atoms with Crippen molar-refractivity contribution < 1.29 is 17.9 Å². The third-order valence-corrected chi connectivity index (χ3v) is 3.71. The molecular formula is C11H15NO4S. The van der Waals surface area contributed by atoms with Gasteiger partial charge in [0.05, 0.1) is 12.9 Å². The van der Waals surface area contributed by atoms with E-state index < -0.39 is 21.6 Å². The van der Waals surface area contributed by atoms with E-state index in [1.54, 1.807) is 24.3 Å². The van der Waals surface area contributed by atoms with Crippen LogP contribution in [-0.2, 0) is 31.7 Å². The Bertz CT molecular complexity index is 496. The number of nitrogens with two attached hydrogens (primary N) is 1. The Morgan fingerprint density at radius 2 is 1.88 bits per heavy atom. The van der Waals surface area contributed by atoms with Crippen LogP contribution in [-0.4, -0.2) is 27.2 Å². The average molecular weight is 257 g/mol. The highest BCUT2D eigenvalue weighted by molar-refractivity contribution is 7.91. The van der Waals surface area contributed by atoms with Crippen molar-refractivity contribution in [1.82, 2.24) is 0 Å². The predicted molar refractivity (Wildman–Crippen MR) is 63.8 cm³/mol. The average Bonchev–Trinajstić information content (AvgIpc) is 2.28. The van der Waals surface area contributed by atoms with E-state index in [2.05, 4.69) is 4.74 Å². The lowest BCUT2D eigenvalue weighted by Gasteiger charge is -2.07. The summed E-state index contributed by atoms with van der Waals surface area (Å²) in [6, 6.07) is 6.99. The van der Waals surface area contributed by atoms with E-state index in [1.165, 1.54) is 0 Å². The standard InChI is InChI=1S/C11H15NO4S/c1-16-11(13)8-17(14,15)7-10-5-3-2-4-9(10)6-12/h2-5H,6-8,12H2,1H3. The molecule has 0 fully saturated rings. The van der Waals surface area contributed by atoms with Crippen molar-refractivity contribution in [3.63, 3.8) is 0 Å². The molecule has 94 valence electrons. The summed E-state index contributed by atoms with van der Waals surface area (Å²) in [5, 5.41) is 0. The number of hydrogen-bond donors (Lipinski definition) is 1. The lowest BCUT2D eigenvalue weighted by atomic mass is 10.1. The maximum absolute atomic E-state index is 11.7. The zero-order valence-corrected chi connectivity index (χ0v) is 10.4. The molecule has 0 spiro atoms. The van der Waals surface area contributed by atoms with E-state index in [0.29, 0.717) is 5.56 Å². The topological polar surface area (TPSA) is 86.5 Å². The summed E-state index contributed by atoms with van der Waals surface area (Å²) in [6.07, 6.45) is 0. The number of carbonyl (C=O) groups excluding carboxylic acids is 1. The monoisotopic (exact) mass is 257 g/mol. The van der Waals surface area contributed by atoms with Gasteiger partial charge in [0.15, 0.2) is 9.84 Å². The molecule has 0 saturated heterocycles. The minimum absolute atomic E-state index is 0.199. The molecular weight excluding hydrogens is 242 g/mol. The highest BCUT2D eigenvalue weighted by atomic mass is 32.2. The molecule has 17 heavy (non-hydrogen) atoms. The van der Waals surface area contributed by atoms with Crippen LogP contribution in [0.5, 0.6) is 0 Å². The fourth-order valence-corrected chi connectivity index (χ4v) is 2.76. The third kappa shape index (κ3) is 4.16. The van der Waals surface area contributed by atoms with E-state index in [4.69, 9.17) is 5.73 Å². The second kappa shape index (κ2) is 5.79. The van der Waals surface area contributed by atoms with E-state index >= 15 is 0 Å². The molecule has 0 unspecified atom stereocenters. The largest absolute Gasteiger partial charge is 0.468 e. The first kappa shape index (κ1) is 13.7. The fraction of sp³-hybridized carbons (Fsp3) is 0.364. The Kier molecular flexibility index (Phi) is 4.65. The Labute approximate surface area is 100 Å². The van der Waals surface area contributed by atoms with Gasteiger partial charge in [0, 0.05) is 6.54 Å².